The van der Waals surface area contributed by atoms with Crippen LogP contribution < -0.4 is 15.2 Å². The monoisotopic (exact) mass is 330 g/mol. The summed E-state index contributed by atoms with van der Waals surface area (Å²) in [4.78, 5) is 2.16. The Bertz CT molecular complexity index is 450. The van der Waals surface area contributed by atoms with E-state index in [-0.39, 0.29) is 12.6 Å². The van der Waals surface area contributed by atoms with Crippen LogP contribution in [0.4, 0.5) is 0 Å². The summed E-state index contributed by atoms with van der Waals surface area (Å²) in [5.41, 5.74) is 6.20. The molecule has 0 aliphatic carbocycles. The van der Waals surface area contributed by atoms with E-state index in [1.54, 1.807) is 7.11 Å². The Hall–Kier alpha value is -0.820. The van der Waals surface area contributed by atoms with Gasteiger partial charge in [0.25, 0.3) is 0 Å². The van der Waals surface area contributed by atoms with Gasteiger partial charge in [-0.15, -0.1) is 0 Å². The van der Waals surface area contributed by atoms with E-state index in [0.717, 1.165) is 17.6 Å². The van der Waals surface area contributed by atoms with Gasteiger partial charge in [-0.3, -0.25) is 4.90 Å². The summed E-state index contributed by atoms with van der Waals surface area (Å²) in [6.45, 7) is 1.88. The van der Waals surface area contributed by atoms with E-state index < -0.39 is 6.10 Å². The number of benzene rings is 1. The van der Waals surface area contributed by atoms with Crippen LogP contribution >= 0.6 is 15.9 Å². The lowest BCUT2D eigenvalue weighted by Gasteiger charge is -2.37. The summed E-state index contributed by atoms with van der Waals surface area (Å²) >= 11 is 3.40. The van der Waals surface area contributed by atoms with Crippen molar-refractivity contribution in [3.63, 3.8) is 0 Å². The van der Waals surface area contributed by atoms with Crippen LogP contribution in [0.25, 0.3) is 0 Å². The van der Waals surface area contributed by atoms with Gasteiger partial charge in [-0.2, -0.15) is 0 Å². The number of aliphatic hydroxyl groups is 1. The molecule has 106 valence electrons. The van der Waals surface area contributed by atoms with E-state index in [1.807, 2.05) is 19.2 Å². The van der Waals surface area contributed by atoms with E-state index in [2.05, 4.69) is 20.8 Å². The molecule has 0 aromatic heterocycles. The van der Waals surface area contributed by atoms with E-state index in [1.165, 1.54) is 0 Å². The van der Waals surface area contributed by atoms with Crippen LogP contribution in [0.15, 0.2) is 16.6 Å². The second kappa shape index (κ2) is 6.09. The number of hydrogen-bond donors (Lipinski definition) is 2. The van der Waals surface area contributed by atoms with Crippen LogP contribution in [0.1, 0.15) is 11.7 Å². The first-order chi connectivity index (χ1) is 9.05. The van der Waals surface area contributed by atoms with Gasteiger partial charge >= 0.3 is 0 Å². The Morgan fingerprint density at radius 1 is 1.53 bits per heavy atom. The van der Waals surface area contributed by atoms with Crippen molar-refractivity contribution in [3.8, 4) is 11.5 Å². The maximum atomic E-state index is 10.0. The molecule has 19 heavy (non-hydrogen) atoms. The first kappa shape index (κ1) is 14.6. The number of likely N-dealkylation sites (N-methyl/N-ethyl adjacent to an activating group) is 1. The highest BCUT2D eigenvalue weighted by molar-refractivity contribution is 9.10. The van der Waals surface area contributed by atoms with Gasteiger partial charge in [-0.1, -0.05) is 15.9 Å². The number of halogens is 1. The van der Waals surface area contributed by atoms with E-state index in [0.29, 0.717) is 17.1 Å². The summed E-state index contributed by atoms with van der Waals surface area (Å²) in [7, 11) is 3.62. The molecule has 1 fully saturated rings. The Labute approximate surface area is 121 Å². The normalized spacial score (nSPS) is 17.9. The number of hydrogen-bond acceptors (Lipinski definition) is 5. The third kappa shape index (κ3) is 3.20. The molecule has 6 heteroatoms. The van der Waals surface area contributed by atoms with Crippen molar-refractivity contribution >= 4 is 15.9 Å². The minimum Gasteiger partial charge on any atom is -0.493 e. The van der Waals surface area contributed by atoms with Crippen molar-refractivity contribution < 1.29 is 14.6 Å². The fourth-order valence-electron chi connectivity index (χ4n) is 2.12. The summed E-state index contributed by atoms with van der Waals surface area (Å²) in [5, 5.41) is 10.0. The molecule has 1 aromatic rings. The summed E-state index contributed by atoms with van der Waals surface area (Å²) in [5.74, 6) is 1.19. The summed E-state index contributed by atoms with van der Waals surface area (Å²) in [6, 6.07) is 3.64. The Balaban J connectivity index is 2.31. The Morgan fingerprint density at radius 2 is 2.21 bits per heavy atom. The van der Waals surface area contributed by atoms with Crippen molar-refractivity contribution in [2.45, 2.75) is 12.2 Å². The standard InChI is InChI=1S/C13H19BrN2O3/c1-16-6-9(7-16)19-13-10(11(17)5-15)3-8(14)4-12(13)18-2/h3-4,9,11,17H,5-7,15H2,1-2H3. The minimum atomic E-state index is -0.765. The van der Waals surface area contributed by atoms with Gasteiger partial charge in [0.2, 0.25) is 0 Å². The quantitative estimate of drug-likeness (QED) is 0.847. The van der Waals surface area contributed by atoms with Gasteiger partial charge in [-0.05, 0) is 19.2 Å². The number of methoxy groups -OCH3 is 1. The molecule has 1 saturated heterocycles. The fraction of sp³-hybridized carbons (Fsp3) is 0.538. The minimum absolute atomic E-state index is 0.129. The third-order valence-corrected chi connectivity index (χ3v) is 3.62. The Morgan fingerprint density at radius 3 is 2.74 bits per heavy atom. The Kier molecular flexibility index (Phi) is 4.67. The van der Waals surface area contributed by atoms with Crippen LogP contribution in [0.5, 0.6) is 11.5 Å². The van der Waals surface area contributed by atoms with Crippen LogP contribution in [0.2, 0.25) is 0 Å². The van der Waals surface area contributed by atoms with Gasteiger partial charge in [0.15, 0.2) is 11.5 Å². The maximum Gasteiger partial charge on any atom is 0.167 e. The van der Waals surface area contributed by atoms with Gasteiger partial charge in [0.05, 0.1) is 13.2 Å². The first-order valence-electron chi connectivity index (χ1n) is 6.16. The van der Waals surface area contributed by atoms with Crippen molar-refractivity contribution in [1.29, 1.82) is 0 Å². The molecule has 0 radical (unpaired) electrons. The number of likely N-dealkylation sites (tertiary alicyclic amines) is 1. The molecular weight excluding hydrogens is 312 g/mol. The third-order valence-electron chi connectivity index (χ3n) is 3.17. The topological polar surface area (TPSA) is 68.0 Å². The average molecular weight is 331 g/mol. The zero-order valence-corrected chi connectivity index (χ0v) is 12.7. The second-order valence-electron chi connectivity index (χ2n) is 4.74. The number of nitrogens with two attached hydrogens (primary N) is 1. The largest absolute Gasteiger partial charge is 0.493 e. The molecule has 3 N–H and O–H groups in total. The highest BCUT2D eigenvalue weighted by Gasteiger charge is 2.28. The lowest BCUT2D eigenvalue weighted by Crippen LogP contribution is -2.51. The van der Waals surface area contributed by atoms with Gasteiger partial charge in [0.1, 0.15) is 6.10 Å². The molecule has 1 atom stereocenters. The summed E-state index contributed by atoms with van der Waals surface area (Å²) in [6.07, 6.45) is -0.636. The second-order valence-corrected chi connectivity index (χ2v) is 5.65. The molecule has 1 heterocycles. The van der Waals surface area contributed by atoms with Crippen LogP contribution in [0.3, 0.4) is 0 Å². The SMILES string of the molecule is COc1cc(Br)cc(C(O)CN)c1OC1CN(C)C1. The van der Waals surface area contributed by atoms with Crippen LogP contribution in [0, 0.1) is 0 Å². The average Bonchev–Trinajstić information content (AvgIpc) is 2.37. The molecule has 1 aliphatic heterocycles. The molecule has 5 nitrogen and oxygen atoms in total. The van der Waals surface area contributed by atoms with Gasteiger partial charge in [0, 0.05) is 29.7 Å². The zero-order valence-electron chi connectivity index (χ0n) is 11.1. The van der Waals surface area contributed by atoms with Crippen LogP contribution in [-0.2, 0) is 0 Å². The lowest BCUT2D eigenvalue weighted by atomic mass is 10.1. The number of rotatable bonds is 5. The van der Waals surface area contributed by atoms with Crippen LogP contribution in [-0.4, -0.2) is 49.9 Å². The fourth-order valence-corrected chi connectivity index (χ4v) is 2.58. The van der Waals surface area contributed by atoms with E-state index >= 15 is 0 Å². The lowest BCUT2D eigenvalue weighted by molar-refractivity contribution is 0.0341. The highest BCUT2D eigenvalue weighted by atomic mass is 79.9. The van der Waals surface area contributed by atoms with Crippen molar-refractivity contribution in [3.05, 3.63) is 22.2 Å². The number of nitrogens with zero attached hydrogens (tertiary/aromatic N) is 1. The summed E-state index contributed by atoms with van der Waals surface area (Å²) < 4.78 is 12.1. The van der Waals surface area contributed by atoms with Crippen molar-refractivity contribution in [1.82, 2.24) is 4.90 Å². The molecule has 0 saturated carbocycles. The smallest absolute Gasteiger partial charge is 0.167 e. The molecule has 1 aromatic carbocycles. The van der Waals surface area contributed by atoms with Crippen molar-refractivity contribution in [2.75, 3.05) is 33.8 Å². The number of aliphatic hydroxyl groups excluding tert-OH is 1. The molecular formula is C13H19BrN2O3. The highest BCUT2D eigenvalue weighted by Crippen LogP contribution is 2.39. The predicted octanol–water partition coefficient (Wildman–Crippen LogP) is 1.14. The molecule has 0 spiro atoms. The van der Waals surface area contributed by atoms with Crippen molar-refractivity contribution in [2.24, 2.45) is 5.73 Å². The molecule has 1 unspecified atom stereocenters. The molecule has 1 aliphatic rings. The molecule has 2 rings (SSSR count). The zero-order chi connectivity index (χ0) is 14.0. The predicted molar refractivity (Wildman–Crippen MR) is 76.6 cm³/mol. The van der Waals surface area contributed by atoms with Gasteiger partial charge < -0.3 is 20.3 Å². The number of ether oxygens (including phenoxy) is 2. The van der Waals surface area contributed by atoms with Gasteiger partial charge in [-0.25, -0.2) is 0 Å². The first-order valence-corrected chi connectivity index (χ1v) is 6.95. The molecule has 0 amide bonds. The van der Waals surface area contributed by atoms with E-state index in [4.69, 9.17) is 15.2 Å². The maximum absolute atomic E-state index is 10.0. The van der Waals surface area contributed by atoms with E-state index in [9.17, 15) is 5.11 Å². The molecule has 0 bridgehead atoms.